The van der Waals surface area contributed by atoms with Crippen molar-refractivity contribution in [2.24, 2.45) is 0 Å². The van der Waals surface area contributed by atoms with Crippen LogP contribution in [-0.2, 0) is 6.54 Å². The summed E-state index contributed by atoms with van der Waals surface area (Å²) < 4.78 is 0. The zero-order chi connectivity index (χ0) is 11.0. The number of hydrogen-bond acceptors (Lipinski definition) is 6. The maximum atomic E-state index is 4.23. The molecule has 0 spiro atoms. The molecular weight excluding hydrogens is 240 g/mol. The van der Waals surface area contributed by atoms with Gasteiger partial charge in [0, 0.05) is 12.6 Å². The van der Waals surface area contributed by atoms with Gasteiger partial charge in [-0.05, 0) is 19.8 Å². The van der Waals surface area contributed by atoms with Crippen molar-refractivity contribution in [2.45, 2.75) is 32.4 Å². The van der Waals surface area contributed by atoms with E-state index in [9.17, 15) is 0 Å². The zero-order valence-electron chi connectivity index (χ0n) is 8.93. The summed E-state index contributed by atoms with van der Waals surface area (Å²) in [6.07, 6.45) is 2.61. The van der Waals surface area contributed by atoms with Crippen molar-refractivity contribution < 1.29 is 0 Å². The molecule has 1 saturated carbocycles. The van der Waals surface area contributed by atoms with E-state index >= 15 is 0 Å². The van der Waals surface area contributed by atoms with Crippen molar-refractivity contribution in [3.63, 3.8) is 0 Å². The lowest BCUT2D eigenvalue weighted by Gasteiger charge is -1.95. The molecule has 1 aliphatic rings. The third-order valence-electron chi connectivity index (χ3n) is 2.53. The van der Waals surface area contributed by atoms with Gasteiger partial charge in [-0.15, -0.1) is 21.5 Å². The Morgan fingerprint density at radius 3 is 3.00 bits per heavy atom. The fourth-order valence-corrected chi connectivity index (χ4v) is 3.18. The van der Waals surface area contributed by atoms with Crippen molar-refractivity contribution in [1.82, 2.24) is 20.5 Å². The third kappa shape index (κ3) is 2.14. The van der Waals surface area contributed by atoms with E-state index in [0.717, 1.165) is 33.2 Å². The molecular formula is C10H12N4S2. The van der Waals surface area contributed by atoms with Crippen LogP contribution in [0, 0.1) is 6.92 Å². The van der Waals surface area contributed by atoms with Gasteiger partial charge >= 0.3 is 0 Å². The third-order valence-corrected chi connectivity index (χ3v) is 4.53. The number of aromatic nitrogens is 3. The highest BCUT2D eigenvalue weighted by Gasteiger charge is 2.21. The summed E-state index contributed by atoms with van der Waals surface area (Å²) in [6.45, 7) is 2.86. The van der Waals surface area contributed by atoms with E-state index in [1.807, 2.05) is 12.4 Å². The minimum atomic E-state index is 0.720. The highest BCUT2D eigenvalue weighted by Crippen LogP contribution is 2.30. The molecule has 0 amide bonds. The number of nitrogens with zero attached hydrogens (tertiary/aromatic N) is 3. The summed E-state index contributed by atoms with van der Waals surface area (Å²) >= 11 is 3.29. The van der Waals surface area contributed by atoms with Crippen molar-refractivity contribution in [2.75, 3.05) is 0 Å². The Hall–Kier alpha value is -0.850. The molecule has 0 atom stereocenters. The highest BCUT2D eigenvalue weighted by molar-refractivity contribution is 7.20. The van der Waals surface area contributed by atoms with Gasteiger partial charge in [0.2, 0.25) is 0 Å². The van der Waals surface area contributed by atoms with Gasteiger partial charge in [0.05, 0.1) is 16.1 Å². The predicted molar refractivity (Wildman–Crippen MR) is 65.6 cm³/mol. The van der Waals surface area contributed by atoms with Crippen LogP contribution in [0.3, 0.4) is 0 Å². The minimum absolute atomic E-state index is 0.720. The van der Waals surface area contributed by atoms with Crippen molar-refractivity contribution >= 4 is 22.7 Å². The topological polar surface area (TPSA) is 50.7 Å². The highest BCUT2D eigenvalue weighted by atomic mass is 32.1. The standard InChI is InChI=1S/C10H12N4S2/c1-6-9(15-5-12-6)10-14-13-8(16-10)4-11-7-2-3-7/h5,7,11H,2-4H2,1H3. The van der Waals surface area contributed by atoms with Crippen LogP contribution in [0.5, 0.6) is 0 Å². The summed E-state index contributed by atoms with van der Waals surface area (Å²) in [5.74, 6) is 0. The minimum Gasteiger partial charge on any atom is -0.308 e. The Balaban J connectivity index is 1.74. The second-order valence-corrected chi connectivity index (χ2v) is 5.84. The molecule has 0 radical (unpaired) electrons. The first-order valence-electron chi connectivity index (χ1n) is 5.29. The molecule has 1 aliphatic carbocycles. The van der Waals surface area contributed by atoms with Gasteiger partial charge in [-0.25, -0.2) is 4.98 Å². The normalized spacial score (nSPS) is 15.6. The number of hydrogen-bond donors (Lipinski definition) is 1. The summed E-state index contributed by atoms with van der Waals surface area (Å²) in [7, 11) is 0. The monoisotopic (exact) mass is 252 g/mol. The maximum Gasteiger partial charge on any atom is 0.159 e. The molecule has 0 aliphatic heterocycles. The summed E-state index contributed by atoms with van der Waals surface area (Å²) in [5.41, 5.74) is 2.90. The Kier molecular flexibility index (Phi) is 2.70. The van der Waals surface area contributed by atoms with E-state index in [1.165, 1.54) is 12.8 Å². The number of aryl methyl sites for hydroxylation is 1. The molecule has 4 nitrogen and oxygen atoms in total. The summed E-state index contributed by atoms with van der Waals surface area (Å²) in [4.78, 5) is 5.38. The molecule has 0 aromatic carbocycles. The second kappa shape index (κ2) is 4.20. The molecule has 6 heteroatoms. The van der Waals surface area contributed by atoms with Crippen LogP contribution in [0.15, 0.2) is 5.51 Å². The van der Waals surface area contributed by atoms with E-state index in [4.69, 9.17) is 0 Å². The quantitative estimate of drug-likeness (QED) is 0.906. The summed E-state index contributed by atoms with van der Waals surface area (Å²) in [6, 6.07) is 0.720. The van der Waals surface area contributed by atoms with E-state index < -0.39 is 0 Å². The Morgan fingerprint density at radius 2 is 2.31 bits per heavy atom. The molecule has 0 saturated heterocycles. The molecule has 1 fully saturated rings. The molecule has 2 aromatic rings. The first-order chi connectivity index (χ1) is 7.83. The average molecular weight is 252 g/mol. The van der Waals surface area contributed by atoms with E-state index in [1.54, 1.807) is 22.7 Å². The molecule has 2 aromatic heterocycles. The average Bonchev–Trinajstić information content (AvgIpc) is 2.82. The fraction of sp³-hybridized carbons (Fsp3) is 0.500. The van der Waals surface area contributed by atoms with E-state index in [-0.39, 0.29) is 0 Å². The van der Waals surface area contributed by atoms with Gasteiger partial charge < -0.3 is 5.32 Å². The van der Waals surface area contributed by atoms with Crippen LogP contribution in [0.4, 0.5) is 0 Å². The first kappa shape index (κ1) is 10.3. The van der Waals surface area contributed by atoms with Gasteiger partial charge in [0.15, 0.2) is 5.01 Å². The van der Waals surface area contributed by atoms with E-state index in [2.05, 4.69) is 20.5 Å². The zero-order valence-corrected chi connectivity index (χ0v) is 10.6. The van der Waals surface area contributed by atoms with Crippen LogP contribution in [0.2, 0.25) is 0 Å². The Bertz CT molecular complexity index is 486. The first-order valence-corrected chi connectivity index (χ1v) is 6.99. The Labute approximate surface area is 102 Å². The van der Waals surface area contributed by atoms with Gasteiger partial charge in [-0.1, -0.05) is 11.3 Å². The van der Waals surface area contributed by atoms with Gasteiger partial charge in [0.25, 0.3) is 0 Å². The lowest BCUT2D eigenvalue weighted by Crippen LogP contribution is -2.14. The number of thiazole rings is 1. The number of nitrogens with one attached hydrogen (secondary N) is 1. The largest absolute Gasteiger partial charge is 0.308 e. The Morgan fingerprint density at radius 1 is 1.44 bits per heavy atom. The molecule has 0 unspecified atom stereocenters. The second-order valence-electron chi connectivity index (χ2n) is 3.92. The lowest BCUT2D eigenvalue weighted by molar-refractivity contribution is 0.679. The molecule has 3 rings (SSSR count). The van der Waals surface area contributed by atoms with Gasteiger partial charge in [-0.2, -0.15) is 0 Å². The molecule has 0 bridgehead atoms. The maximum absolute atomic E-state index is 4.23. The van der Waals surface area contributed by atoms with Crippen LogP contribution < -0.4 is 5.32 Å². The summed E-state index contributed by atoms with van der Waals surface area (Å²) in [5, 5.41) is 13.9. The van der Waals surface area contributed by atoms with Gasteiger partial charge in [-0.3, -0.25) is 0 Å². The van der Waals surface area contributed by atoms with Crippen molar-refractivity contribution in [1.29, 1.82) is 0 Å². The molecule has 84 valence electrons. The number of rotatable bonds is 4. The SMILES string of the molecule is Cc1ncsc1-c1nnc(CNC2CC2)s1. The van der Waals surface area contributed by atoms with Gasteiger partial charge in [0.1, 0.15) is 5.01 Å². The van der Waals surface area contributed by atoms with Crippen LogP contribution in [0.1, 0.15) is 23.5 Å². The van der Waals surface area contributed by atoms with Crippen LogP contribution in [0.25, 0.3) is 9.88 Å². The predicted octanol–water partition coefficient (Wildman–Crippen LogP) is 2.22. The molecule has 1 N–H and O–H groups in total. The smallest absolute Gasteiger partial charge is 0.159 e. The molecule has 16 heavy (non-hydrogen) atoms. The fourth-order valence-electron chi connectivity index (χ4n) is 1.44. The van der Waals surface area contributed by atoms with Crippen molar-refractivity contribution in [3.05, 3.63) is 16.2 Å². The van der Waals surface area contributed by atoms with Crippen LogP contribution in [-0.4, -0.2) is 21.2 Å². The van der Waals surface area contributed by atoms with E-state index in [0.29, 0.717) is 0 Å². The van der Waals surface area contributed by atoms with Crippen LogP contribution >= 0.6 is 22.7 Å². The van der Waals surface area contributed by atoms with Crippen molar-refractivity contribution in [3.8, 4) is 9.88 Å². The molecule has 2 heterocycles. The lowest BCUT2D eigenvalue weighted by atomic mass is 10.4.